The van der Waals surface area contributed by atoms with Gasteiger partial charge in [0.25, 0.3) is 0 Å². The third-order valence-corrected chi connectivity index (χ3v) is 7.22. The zero-order valence-electron chi connectivity index (χ0n) is 15.7. The molecular formula is C20H26N4S3. The van der Waals surface area contributed by atoms with Crippen molar-refractivity contribution in [3.05, 3.63) is 55.4 Å². The van der Waals surface area contributed by atoms with Crippen LogP contribution in [0.5, 0.6) is 0 Å². The Bertz CT molecular complexity index is 886. The van der Waals surface area contributed by atoms with E-state index in [4.69, 9.17) is 17.3 Å². The van der Waals surface area contributed by atoms with Gasteiger partial charge in [0.1, 0.15) is 5.82 Å². The molecule has 0 aliphatic heterocycles. The Labute approximate surface area is 174 Å². The van der Waals surface area contributed by atoms with E-state index in [0.29, 0.717) is 6.04 Å². The van der Waals surface area contributed by atoms with Crippen LogP contribution in [0.3, 0.4) is 0 Å². The average molecular weight is 419 g/mol. The highest BCUT2D eigenvalue weighted by Crippen LogP contribution is 2.30. The fraction of sp³-hybridized carbons (Fsp3) is 0.500. The van der Waals surface area contributed by atoms with Gasteiger partial charge in [-0.15, -0.1) is 11.3 Å². The molecule has 4 rings (SSSR count). The highest BCUT2D eigenvalue weighted by atomic mass is 32.1. The molecule has 1 aliphatic carbocycles. The summed E-state index contributed by atoms with van der Waals surface area (Å²) in [4.78, 5) is 3.64. The van der Waals surface area contributed by atoms with E-state index in [1.807, 2.05) is 4.68 Å². The molecule has 144 valence electrons. The molecule has 3 heterocycles. The molecule has 0 N–H and O–H groups in total. The lowest BCUT2D eigenvalue weighted by atomic mass is 9.95. The first-order valence-corrected chi connectivity index (χ1v) is 11.8. The first-order valence-electron chi connectivity index (χ1n) is 9.61. The molecule has 0 radical (unpaired) electrons. The Morgan fingerprint density at radius 3 is 2.78 bits per heavy atom. The van der Waals surface area contributed by atoms with Gasteiger partial charge in [0, 0.05) is 23.9 Å². The smallest absolute Gasteiger partial charge is 0.199 e. The zero-order valence-corrected chi connectivity index (χ0v) is 18.2. The maximum atomic E-state index is 5.90. The van der Waals surface area contributed by atoms with Crippen molar-refractivity contribution < 1.29 is 0 Å². The summed E-state index contributed by atoms with van der Waals surface area (Å²) in [6, 6.07) is 7.01. The molecule has 1 fully saturated rings. The van der Waals surface area contributed by atoms with E-state index in [1.54, 1.807) is 22.7 Å². The van der Waals surface area contributed by atoms with Crippen molar-refractivity contribution in [1.82, 2.24) is 19.2 Å². The van der Waals surface area contributed by atoms with E-state index in [-0.39, 0.29) is 0 Å². The molecule has 4 nitrogen and oxygen atoms in total. The second-order valence-electron chi connectivity index (χ2n) is 7.40. The molecule has 0 aromatic carbocycles. The maximum Gasteiger partial charge on any atom is 0.199 e. The van der Waals surface area contributed by atoms with Crippen molar-refractivity contribution in [2.45, 2.75) is 57.8 Å². The molecule has 0 amide bonds. The van der Waals surface area contributed by atoms with Gasteiger partial charge in [-0.25, -0.2) is 4.68 Å². The van der Waals surface area contributed by atoms with Gasteiger partial charge >= 0.3 is 0 Å². The molecule has 0 saturated heterocycles. The Balaban J connectivity index is 1.59. The Morgan fingerprint density at radius 2 is 2.07 bits per heavy atom. The number of rotatable bonds is 7. The van der Waals surface area contributed by atoms with Crippen molar-refractivity contribution >= 4 is 34.9 Å². The molecule has 3 aromatic heterocycles. The highest BCUT2D eigenvalue weighted by molar-refractivity contribution is 7.71. The topological polar surface area (TPSA) is 26.0 Å². The van der Waals surface area contributed by atoms with Crippen LogP contribution in [0.2, 0.25) is 0 Å². The van der Waals surface area contributed by atoms with Gasteiger partial charge in [0.15, 0.2) is 4.77 Å². The number of hydrogen-bond acceptors (Lipinski definition) is 5. The second kappa shape index (κ2) is 8.82. The number of nitrogens with zero attached hydrogens (tertiary/aromatic N) is 4. The highest BCUT2D eigenvalue weighted by Gasteiger charge is 2.22. The molecule has 1 aliphatic rings. The first-order chi connectivity index (χ1) is 13.2. The lowest BCUT2D eigenvalue weighted by molar-refractivity contribution is 0.242. The van der Waals surface area contributed by atoms with Crippen LogP contribution in [0.15, 0.2) is 34.3 Å². The van der Waals surface area contributed by atoms with Gasteiger partial charge in [0.05, 0.1) is 6.67 Å². The van der Waals surface area contributed by atoms with Crippen LogP contribution < -0.4 is 0 Å². The summed E-state index contributed by atoms with van der Waals surface area (Å²) in [5.41, 5.74) is 1.35. The molecule has 7 heteroatoms. The van der Waals surface area contributed by atoms with Crippen LogP contribution >= 0.6 is 34.9 Å². The van der Waals surface area contributed by atoms with Crippen molar-refractivity contribution in [3.63, 3.8) is 0 Å². The van der Waals surface area contributed by atoms with E-state index in [9.17, 15) is 0 Å². The molecule has 0 unspecified atom stereocenters. The molecular weight excluding hydrogens is 392 g/mol. The standard InChI is InChI=1S/C20H26N4S3/c1-22(13-16-9-11-26-14-16)15-23-20(25)24(17-6-3-2-4-7-17)19(21-23)12-18-8-5-10-27-18/h5,8-11,14,17H,2-4,6-7,12-13,15H2,1H3. The first kappa shape index (κ1) is 19.1. The third kappa shape index (κ3) is 4.59. The van der Waals surface area contributed by atoms with E-state index in [1.165, 1.54) is 42.5 Å². The summed E-state index contributed by atoms with van der Waals surface area (Å²) in [6.45, 7) is 1.65. The van der Waals surface area contributed by atoms with E-state index in [0.717, 1.165) is 30.2 Å². The molecule has 0 spiro atoms. The summed E-state index contributed by atoms with van der Waals surface area (Å²) in [6.07, 6.45) is 7.27. The summed E-state index contributed by atoms with van der Waals surface area (Å²) in [5.74, 6) is 1.12. The summed E-state index contributed by atoms with van der Waals surface area (Å²) in [7, 11) is 2.14. The molecule has 27 heavy (non-hydrogen) atoms. The maximum absolute atomic E-state index is 5.90. The van der Waals surface area contributed by atoms with Crippen molar-refractivity contribution in [3.8, 4) is 0 Å². The largest absolute Gasteiger partial charge is 0.301 e. The Hall–Kier alpha value is -1.28. The van der Waals surface area contributed by atoms with Crippen LogP contribution in [0.25, 0.3) is 0 Å². The van der Waals surface area contributed by atoms with Crippen LogP contribution in [0.4, 0.5) is 0 Å². The lowest BCUT2D eigenvalue weighted by Crippen LogP contribution is -2.22. The Kier molecular flexibility index (Phi) is 6.22. The van der Waals surface area contributed by atoms with Crippen LogP contribution in [0.1, 0.15) is 54.4 Å². The third-order valence-electron chi connectivity index (χ3n) is 5.20. The predicted octanol–water partition coefficient (Wildman–Crippen LogP) is 5.72. The monoisotopic (exact) mass is 418 g/mol. The van der Waals surface area contributed by atoms with Gasteiger partial charge in [-0.3, -0.25) is 4.90 Å². The normalized spacial score (nSPS) is 15.6. The van der Waals surface area contributed by atoms with Gasteiger partial charge in [-0.2, -0.15) is 16.4 Å². The van der Waals surface area contributed by atoms with E-state index in [2.05, 4.69) is 50.9 Å². The number of hydrogen-bond donors (Lipinski definition) is 0. The second-order valence-corrected chi connectivity index (χ2v) is 9.58. The molecule has 3 aromatic rings. The van der Waals surface area contributed by atoms with Crippen molar-refractivity contribution in [2.24, 2.45) is 0 Å². The van der Waals surface area contributed by atoms with Crippen LogP contribution in [0, 0.1) is 4.77 Å². The fourth-order valence-corrected chi connectivity index (χ4v) is 5.64. The van der Waals surface area contributed by atoms with Crippen LogP contribution in [-0.2, 0) is 19.6 Å². The fourth-order valence-electron chi connectivity index (χ4n) is 3.93. The van der Waals surface area contributed by atoms with Crippen molar-refractivity contribution in [2.75, 3.05) is 7.05 Å². The van der Waals surface area contributed by atoms with Crippen molar-refractivity contribution in [1.29, 1.82) is 0 Å². The lowest BCUT2D eigenvalue weighted by Gasteiger charge is -2.24. The quantitative estimate of drug-likeness (QED) is 0.459. The SMILES string of the molecule is CN(Cc1ccsc1)Cn1nc(Cc2cccs2)n(C2CCCCC2)c1=S. The number of thiophene rings is 2. The van der Waals surface area contributed by atoms with Gasteiger partial charge in [-0.1, -0.05) is 25.3 Å². The molecule has 0 bridgehead atoms. The van der Waals surface area contributed by atoms with Gasteiger partial charge in [-0.05, 0) is 65.9 Å². The minimum atomic E-state index is 0.511. The molecule has 1 saturated carbocycles. The average Bonchev–Trinajstić information content (AvgIpc) is 3.40. The van der Waals surface area contributed by atoms with Gasteiger partial charge < -0.3 is 4.57 Å². The van der Waals surface area contributed by atoms with Crippen LogP contribution in [-0.4, -0.2) is 26.3 Å². The minimum Gasteiger partial charge on any atom is -0.301 e. The predicted molar refractivity (Wildman–Crippen MR) is 116 cm³/mol. The number of aromatic nitrogens is 3. The zero-order chi connectivity index (χ0) is 18.6. The van der Waals surface area contributed by atoms with E-state index >= 15 is 0 Å². The summed E-state index contributed by atoms with van der Waals surface area (Å²) < 4.78 is 5.27. The Morgan fingerprint density at radius 1 is 1.22 bits per heavy atom. The summed E-state index contributed by atoms with van der Waals surface area (Å²) >= 11 is 9.44. The molecule has 0 atom stereocenters. The van der Waals surface area contributed by atoms with E-state index < -0.39 is 0 Å². The minimum absolute atomic E-state index is 0.511. The van der Waals surface area contributed by atoms with Gasteiger partial charge in [0.2, 0.25) is 0 Å². The summed E-state index contributed by atoms with van der Waals surface area (Å²) in [5, 5.41) is 11.4.